The van der Waals surface area contributed by atoms with Gasteiger partial charge in [0.05, 0.1) is 0 Å². The summed E-state index contributed by atoms with van der Waals surface area (Å²) in [5.74, 6) is 0.508. The number of rotatable bonds is 3. The minimum absolute atomic E-state index is 0.245. The van der Waals surface area contributed by atoms with Gasteiger partial charge in [-0.3, -0.25) is 4.79 Å². The summed E-state index contributed by atoms with van der Waals surface area (Å²) in [4.78, 5) is 11.9. The van der Waals surface area contributed by atoms with E-state index in [1.165, 1.54) is 0 Å². The van der Waals surface area contributed by atoms with Gasteiger partial charge < -0.3 is 10.2 Å². The van der Waals surface area contributed by atoms with E-state index in [2.05, 4.69) is 0 Å². The van der Waals surface area contributed by atoms with Gasteiger partial charge in [0.25, 0.3) is 0 Å². The van der Waals surface area contributed by atoms with Crippen molar-refractivity contribution in [3.05, 3.63) is 69.8 Å². The molecule has 2 N–H and O–H groups in total. The molecule has 3 nitrogen and oxygen atoms in total. The molecule has 3 rings (SSSR count). The first-order valence-electron chi connectivity index (χ1n) is 8.94. The predicted octanol–water partition coefficient (Wildman–Crippen LogP) is 5.79. The van der Waals surface area contributed by atoms with Crippen molar-refractivity contribution in [2.75, 3.05) is 0 Å². The molecule has 0 unspecified atom stereocenters. The topological polar surface area (TPSA) is 57.5 Å². The highest BCUT2D eigenvalue weighted by molar-refractivity contribution is 5.98. The van der Waals surface area contributed by atoms with Gasteiger partial charge in [-0.2, -0.15) is 0 Å². The van der Waals surface area contributed by atoms with E-state index in [1.807, 2.05) is 58.9 Å². The third-order valence-electron chi connectivity index (χ3n) is 5.20. The first-order valence-corrected chi connectivity index (χ1v) is 8.94. The maximum absolute atomic E-state index is 11.9. The molecule has 0 spiro atoms. The Morgan fingerprint density at radius 2 is 1.11 bits per heavy atom. The molecule has 3 aromatic carbocycles. The maximum atomic E-state index is 11.9. The molecule has 0 aliphatic rings. The van der Waals surface area contributed by atoms with Crippen LogP contribution in [0.4, 0.5) is 0 Å². The summed E-state index contributed by atoms with van der Waals surface area (Å²) >= 11 is 0. The van der Waals surface area contributed by atoms with Gasteiger partial charge >= 0.3 is 0 Å². The fraction of sp³-hybridized carbons (Fsp3) is 0.208. The van der Waals surface area contributed by atoms with Crippen LogP contribution >= 0.6 is 0 Å². The average Bonchev–Trinajstić information content (AvgIpc) is 2.61. The van der Waals surface area contributed by atoms with E-state index in [9.17, 15) is 15.0 Å². The molecular weight excluding hydrogens is 336 g/mol. The molecule has 0 heterocycles. The number of phenols is 2. The van der Waals surface area contributed by atoms with Crippen molar-refractivity contribution in [3.63, 3.8) is 0 Å². The van der Waals surface area contributed by atoms with E-state index >= 15 is 0 Å². The van der Waals surface area contributed by atoms with Crippen LogP contribution in [0, 0.1) is 34.6 Å². The molecule has 0 radical (unpaired) electrons. The highest BCUT2D eigenvalue weighted by atomic mass is 16.3. The highest BCUT2D eigenvalue weighted by Gasteiger charge is 2.19. The van der Waals surface area contributed by atoms with Crippen LogP contribution in [0.25, 0.3) is 22.3 Å². The minimum Gasteiger partial charge on any atom is -0.508 e. The molecule has 0 aromatic heterocycles. The fourth-order valence-electron chi connectivity index (χ4n) is 3.60. The summed E-state index contributed by atoms with van der Waals surface area (Å²) in [6, 6.07) is 11.2. The first kappa shape index (κ1) is 18.7. The van der Waals surface area contributed by atoms with Crippen molar-refractivity contribution in [1.82, 2.24) is 0 Å². The smallest absolute Gasteiger partial charge is 0.150 e. The molecule has 0 saturated carbocycles. The highest BCUT2D eigenvalue weighted by Crippen LogP contribution is 2.42. The molecule has 0 amide bonds. The van der Waals surface area contributed by atoms with E-state index in [0.717, 1.165) is 56.4 Å². The van der Waals surface area contributed by atoms with Gasteiger partial charge in [-0.05, 0) is 103 Å². The Morgan fingerprint density at radius 1 is 0.630 bits per heavy atom. The van der Waals surface area contributed by atoms with Crippen molar-refractivity contribution < 1.29 is 15.0 Å². The Labute approximate surface area is 159 Å². The summed E-state index contributed by atoms with van der Waals surface area (Å²) in [5.41, 5.74) is 8.81. The van der Waals surface area contributed by atoms with Crippen molar-refractivity contribution in [2.45, 2.75) is 34.6 Å². The summed E-state index contributed by atoms with van der Waals surface area (Å²) in [7, 11) is 0. The largest absolute Gasteiger partial charge is 0.508 e. The second-order valence-corrected chi connectivity index (χ2v) is 7.25. The molecule has 0 fully saturated rings. The van der Waals surface area contributed by atoms with E-state index in [4.69, 9.17) is 0 Å². The number of phenolic OH excluding ortho intramolecular Hbond substituents is 2. The number of benzene rings is 3. The number of hydrogen-bond acceptors (Lipinski definition) is 3. The third-order valence-corrected chi connectivity index (χ3v) is 5.20. The fourth-order valence-corrected chi connectivity index (χ4v) is 3.60. The van der Waals surface area contributed by atoms with Gasteiger partial charge in [0.1, 0.15) is 11.5 Å². The van der Waals surface area contributed by atoms with Crippen molar-refractivity contribution >= 4 is 6.29 Å². The van der Waals surface area contributed by atoms with Crippen LogP contribution in [-0.4, -0.2) is 16.5 Å². The lowest BCUT2D eigenvalue weighted by molar-refractivity contribution is 0.112. The molecule has 0 atom stereocenters. The minimum atomic E-state index is 0.245. The second kappa shape index (κ2) is 6.92. The Kier molecular flexibility index (Phi) is 4.79. The van der Waals surface area contributed by atoms with E-state index in [1.54, 1.807) is 12.1 Å². The van der Waals surface area contributed by atoms with Crippen molar-refractivity contribution in [2.24, 2.45) is 0 Å². The second-order valence-electron chi connectivity index (χ2n) is 7.25. The van der Waals surface area contributed by atoms with Gasteiger partial charge in [-0.25, -0.2) is 0 Å². The van der Waals surface area contributed by atoms with Crippen molar-refractivity contribution in [1.29, 1.82) is 0 Å². The number of aldehydes is 1. The Bertz CT molecular complexity index is 1060. The van der Waals surface area contributed by atoms with E-state index in [-0.39, 0.29) is 11.5 Å². The maximum Gasteiger partial charge on any atom is 0.150 e. The number of hydrogen-bond donors (Lipinski definition) is 2. The lowest BCUT2D eigenvalue weighted by Crippen LogP contribution is -1.99. The van der Waals surface area contributed by atoms with Crippen LogP contribution in [0.15, 0.2) is 36.4 Å². The molecule has 0 bridgehead atoms. The van der Waals surface area contributed by atoms with Gasteiger partial charge in [0.2, 0.25) is 0 Å². The van der Waals surface area contributed by atoms with Gasteiger partial charge in [-0.15, -0.1) is 0 Å². The van der Waals surface area contributed by atoms with Gasteiger partial charge in [0, 0.05) is 11.1 Å². The predicted molar refractivity (Wildman–Crippen MR) is 110 cm³/mol. The SMILES string of the molecule is Cc1cc(-c2c(C)ccc(C=O)c2-c2cc(C)c(O)cc2C)c(C)cc1O. The van der Waals surface area contributed by atoms with Crippen molar-refractivity contribution in [3.8, 4) is 33.8 Å². The number of aryl methyl sites for hydroxylation is 5. The van der Waals surface area contributed by atoms with Crippen LogP contribution in [-0.2, 0) is 0 Å². The quantitative estimate of drug-likeness (QED) is 0.582. The Morgan fingerprint density at radius 3 is 1.59 bits per heavy atom. The molecule has 3 heteroatoms. The Hall–Kier alpha value is -3.07. The molecular formula is C24H24O3. The number of aromatic hydroxyl groups is 2. The molecule has 3 aromatic rings. The van der Waals surface area contributed by atoms with Crippen LogP contribution in [0.1, 0.15) is 38.2 Å². The first-order chi connectivity index (χ1) is 12.7. The summed E-state index contributed by atoms with van der Waals surface area (Å²) < 4.78 is 0. The van der Waals surface area contributed by atoms with Gasteiger partial charge in [0.15, 0.2) is 6.29 Å². The molecule has 0 aliphatic heterocycles. The van der Waals surface area contributed by atoms with Crippen LogP contribution < -0.4 is 0 Å². The zero-order chi connectivity index (χ0) is 19.9. The standard InChI is InChI=1S/C24H24O3/c1-13-6-7-18(12-25)24(20-9-17(5)22(27)11-15(20)3)23(13)19-8-16(4)21(26)10-14(19)2/h6-12,26-27H,1-5H3. The molecule has 27 heavy (non-hydrogen) atoms. The lowest BCUT2D eigenvalue weighted by atomic mass is 9.83. The van der Waals surface area contributed by atoms with Crippen LogP contribution in [0.2, 0.25) is 0 Å². The average molecular weight is 360 g/mol. The zero-order valence-corrected chi connectivity index (χ0v) is 16.3. The van der Waals surface area contributed by atoms with E-state index < -0.39 is 0 Å². The normalized spacial score (nSPS) is 10.9. The lowest BCUT2D eigenvalue weighted by Gasteiger charge is -2.20. The van der Waals surface area contributed by atoms with Gasteiger partial charge in [-0.1, -0.05) is 12.1 Å². The van der Waals surface area contributed by atoms with E-state index in [0.29, 0.717) is 5.56 Å². The number of carbonyl (C=O) groups excluding carboxylic acids is 1. The zero-order valence-electron chi connectivity index (χ0n) is 16.3. The number of carbonyl (C=O) groups is 1. The Balaban J connectivity index is 2.46. The third kappa shape index (κ3) is 3.21. The molecule has 0 aliphatic carbocycles. The monoisotopic (exact) mass is 360 g/mol. The molecule has 138 valence electrons. The molecule has 0 saturated heterocycles. The summed E-state index contributed by atoms with van der Waals surface area (Å²) in [6.45, 7) is 9.64. The summed E-state index contributed by atoms with van der Waals surface area (Å²) in [5, 5.41) is 20.1. The van der Waals surface area contributed by atoms with Crippen LogP contribution in [0.5, 0.6) is 11.5 Å². The summed E-state index contributed by atoms with van der Waals surface area (Å²) in [6.07, 6.45) is 0.877. The van der Waals surface area contributed by atoms with Crippen LogP contribution in [0.3, 0.4) is 0 Å².